The summed E-state index contributed by atoms with van der Waals surface area (Å²) in [6.07, 6.45) is 23.8. The van der Waals surface area contributed by atoms with Gasteiger partial charge in [0.2, 0.25) is 0 Å². The van der Waals surface area contributed by atoms with Crippen LogP contribution in [0, 0.1) is 0 Å². The molecule has 0 saturated carbocycles. The fourth-order valence-corrected chi connectivity index (χ4v) is 11.4. The topological polar surface area (TPSA) is 125 Å². The van der Waals surface area contributed by atoms with Crippen molar-refractivity contribution in [1.82, 2.24) is 18.5 Å². The van der Waals surface area contributed by atoms with Crippen LogP contribution >= 0.6 is 34.4 Å². The molecule has 4 aromatic rings. The molecule has 3 aliphatic rings. The van der Waals surface area contributed by atoms with Gasteiger partial charge in [-0.15, -0.1) is 22.7 Å². The summed E-state index contributed by atoms with van der Waals surface area (Å²) in [5.74, 6) is -0.965. The van der Waals surface area contributed by atoms with Crippen LogP contribution in [0.15, 0.2) is 20.9 Å². The lowest BCUT2D eigenvalue weighted by atomic mass is 10.00. The van der Waals surface area contributed by atoms with E-state index in [1.54, 1.807) is 12.1 Å². The van der Waals surface area contributed by atoms with Gasteiger partial charge in [0, 0.05) is 34.0 Å². The third kappa shape index (κ3) is 8.54. The van der Waals surface area contributed by atoms with Gasteiger partial charge in [0.15, 0.2) is 0 Å². The Kier molecular flexibility index (Phi) is 14.1. The Labute approximate surface area is 345 Å². The molecule has 0 bridgehead atoms. The number of benzene rings is 1. The molecule has 0 fully saturated rings. The van der Waals surface area contributed by atoms with Crippen LogP contribution in [0.1, 0.15) is 182 Å². The Morgan fingerprint density at radius 2 is 0.839 bits per heavy atom. The van der Waals surface area contributed by atoms with Gasteiger partial charge in [0.1, 0.15) is 32.2 Å². The Morgan fingerprint density at radius 3 is 1.20 bits per heavy atom. The van der Waals surface area contributed by atoms with Crippen LogP contribution in [0.4, 0.5) is 11.4 Å². The number of amides is 4. The van der Waals surface area contributed by atoms with E-state index < -0.39 is 0 Å². The van der Waals surface area contributed by atoms with Crippen LogP contribution in [0.3, 0.4) is 0 Å². The van der Waals surface area contributed by atoms with Gasteiger partial charge in [0.05, 0.1) is 34.2 Å². The van der Waals surface area contributed by atoms with Crippen molar-refractivity contribution in [3.63, 3.8) is 0 Å². The molecule has 56 heavy (non-hydrogen) atoms. The first-order chi connectivity index (χ1) is 27.4. The van der Waals surface area contributed by atoms with E-state index in [2.05, 4.69) is 31.3 Å². The molecule has 0 N–H and O–H groups in total. The van der Waals surface area contributed by atoms with E-state index in [1.807, 2.05) is 0 Å². The van der Waals surface area contributed by atoms with Crippen molar-refractivity contribution in [2.24, 2.45) is 8.73 Å². The Hall–Kier alpha value is -3.46. The molecule has 3 aliphatic heterocycles. The lowest BCUT2D eigenvalue weighted by Gasteiger charge is -2.14. The van der Waals surface area contributed by atoms with Crippen molar-refractivity contribution in [3.8, 4) is 20.9 Å². The monoisotopic (exact) mass is 832 g/mol. The fraction of sp³-hybridized carbons (Fsp3) is 0.571. The third-order valence-corrected chi connectivity index (χ3v) is 14.5. The number of carbonyl (C=O) groups is 4. The second kappa shape index (κ2) is 19.3. The lowest BCUT2D eigenvalue weighted by Crippen LogP contribution is -2.30. The van der Waals surface area contributed by atoms with Crippen molar-refractivity contribution < 1.29 is 19.2 Å². The summed E-state index contributed by atoms with van der Waals surface area (Å²) in [6, 6.07) is 3.59. The summed E-state index contributed by atoms with van der Waals surface area (Å²) in [6.45, 7) is 5.35. The highest BCUT2D eigenvalue weighted by Crippen LogP contribution is 2.55. The molecule has 1 aromatic carbocycles. The molecule has 0 spiro atoms. The molecule has 0 saturated heterocycles. The van der Waals surface area contributed by atoms with Crippen molar-refractivity contribution in [2.75, 3.05) is 13.1 Å². The normalized spacial score (nSPS) is 14.5. The van der Waals surface area contributed by atoms with Crippen LogP contribution in [-0.4, -0.2) is 55.3 Å². The van der Waals surface area contributed by atoms with E-state index in [-0.39, 0.29) is 23.6 Å². The van der Waals surface area contributed by atoms with Gasteiger partial charge in [-0.25, -0.2) is 0 Å². The lowest BCUT2D eigenvalue weighted by molar-refractivity contribution is 0.0637. The first kappa shape index (κ1) is 40.7. The summed E-state index contributed by atoms with van der Waals surface area (Å²) in [5, 5.41) is 0. The van der Waals surface area contributed by atoms with Crippen molar-refractivity contribution in [3.05, 3.63) is 33.0 Å². The summed E-state index contributed by atoms with van der Waals surface area (Å²) in [5.41, 5.74) is 4.63. The number of unbranched alkanes of at least 4 members (excludes halogenated alkanes) is 18. The molecule has 3 aromatic heterocycles. The van der Waals surface area contributed by atoms with Gasteiger partial charge < -0.3 is 0 Å². The molecule has 6 heterocycles. The minimum Gasteiger partial charge on any atom is -0.274 e. The number of fused-ring (bicyclic) bond motifs is 4. The van der Waals surface area contributed by atoms with Crippen LogP contribution in [-0.2, 0) is 11.4 Å². The first-order valence-electron chi connectivity index (χ1n) is 20.9. The highest BCUT2D eigenvalue weighted by atomic mass is 32.1. The number of rotatable bonds is 24. The zero-order valence-corrected chi connectivity index (χ0v) is 35.9. The number of hydrogen-bond donors (Lipinski definition) is 0. The standard InChI is InChI=1S/C42H52N6O4S4/c1-3-5-7-9-11-13-15-17-19-21-23-47-39(49)27-25-29(53-37(27)41(47)51)31-33-35(45-55-43-33)32(36-34(31)44-56-46-36)30-26-28-38(54-30)42(52)48(40(28)50)24-22-20-18-16-14-12-10-8-6-4-2/h25-26H,3-24H2,1-2H3. The highest BCUT2D eigenvalue weighted by Gasteiger charge is 2.41. The van der Waals surface area contributed by atoms with E-state index >= 15 is 0 Å². The predicted molar refractivity (Wildman–Crippen MR) is 230 cm³/mol. The van der Waals surface area contributed by atoms with E-state index in [0.29, 0.717) is 67.5 Å². The predicted octanol–water partition coefficient (Wildman–Crippen LogP) is 12.9. The number of carbonyl (C=O) groups excluding carboxylic acids is 4. The van der Waals surface area contributed by atoms with Crippen molar-refractivity contribution in [1.29, 1.82) is 0 Å². The van der Waals surface area contributed by atoms with Gasteiger partial charge in [-0.05, 0) is 25.0 Å². The van der Waals surface area contributed by atoms with Gasteiger partial charge in [-0.3, -0.25) is 29.0 Å². The van der Waals surface area contributed by atoms with E-state index in [9.17, 15) is 19.2 Å². The van der Waals surface area contributed by atoms with Gasteiger partial charge in [-0.2, -0.15) is 17.5 Å². The summed E-state index contributed by atoms with van der Waals surface area (Å²) < 4.78 is 18.7. The molecule has 7 rings (SSSR count). The zero-order chi connectivity index (χ0) is 39.0. The first-order valence-corrected chi connectivity index (χ1v) is 23.9. The molecular weight excluding hydrogens is 781 g/mol. The van der Waals surface area contributed by atoms with E-state index in [4.69, 9.17) is 0 Å². The number of hydrogen-bond acceptors (Lipinski definition) is 11. The minimum atomic E-state index is -0.245. The number of aromatic nitrogens is 2. The van der Waals surface area contributed by atoms with Crippen molar-refractivity contribution >= 4 is 91.8 Å². The molecule has 298 valence electrons. The quantitative estimate of drug-likeness (QED) is 0.0450. The largest absolute Gasteiger partial charge is 0.274 e. The molecule has 4 amide bonds. The van der Waals surface area contributed by atoms with Crippen molar-refractivity contribution in [2.45, 2.75) is 142 Å². The maximum atomic E-state index is 13.5. The molecule has 10 nitrogen and oxygen atoms in total. The Morgan fingerprint density at radius 1 is 0.482 bits per heavy atom. The fourth-order valence-electron chi connectivity index (χ4n) is 8.03. The number of nitrogens with zero attached hydrogens (tertiary/aromatic N) is 6. The molecule has 0 unspecified atom stereocenters. The van der Waals surface area contributed by atoms with Gasteiger partial charge in [0.25, 0.3) is 23.6 Å². The number of thiophene rings is 2. The van der Waals surface area contributed by atoms with Gasteiger partial charge >= 0.3 is 0 Å². The maximum Gasteiger partial charge on any atom is 0.271 e. The summed E-state index contributed by atoms with van der Waals surface area (Å²) in [7, 11) is 0. The Bertz CT molecular complexity index is 1950. The second-order valence-corrected chi connectivity index (χ2v) is 18.4. The van der Waals surface area contributed by atoms with Crippen LogP contribution < -0.4 is 0 Å². The molecule has 0 aliphatic carbocycles. The third-order valence-electron chi connectivity index (χ3n) is 11.2. The average molecular weight is 833 g/mol. The van der Waals surface area contributed by atoms with Crippen LogP contribution in [0.2, 0.25) is 0 Å². The van der Waals surface area contributed by atoms with E-state index in [0.717, 1.165) is 71.4 Å². The molecular formula is C42H52N6O4S4. The SMILES string of the molecule is CCCCCCCCCCCCN1C(=O)c2cc(-c3c4c(c(-c5cc6c(s5)C(=O)N(CCCCCCCCCCCC)C6=O)c5nsnc35)N=S=N4)sc2C1=O. The zero-order valence-electron chi connectivity index (χ0n) is 32.7. The smallest absolute Gasteiger partial charge is 0.271 e. The summed E-state index contributed by atoms with van der Waals surface area (Å²) >= 11 is 4.71. The van der Waals surface area contributed by atoms with Crippen LogP contribution in [0.5, 0.6) is 0 Å². The van der Waals surface area contributed by atoms with Crippen LogP contribution in [0.25, 0.3) is 31.9 Å². The van der Waals surface area contributed by atoms with E-state index in [1.165, 1.54) is 122 Å². The maximum absolute atomic E-state index is 13.5. The number of imide groups is 2. The Balaban J connectivity index is 0.998. The minimum absolute atomic E-state index is 0.237. The summed E-state index contributed by atoms with van der Waals surface area (Å²) in [4.78, 5) is 59.2. The average Bonchev–Trinajstić information content (AvgIpc) is 4.06. The van der Waals surface area contributed by atoms with Gasteiger partial charge in [-0.1, -0.05) is 129 Å². The second-order valence-electron chi connectivity index (χ2n) is 15.3. The molecule has 0 radical (unpaired) electrons. The molecule has 0 atom stereocenters. The molecule has 14 heteroatoms. The highest BCUT2D eigenvalue weighted by molar-refractivity contribution is 7.58.